The van der Waals surface area contributed by atoms with E-state index in [1.54, 1.807) is 14.2 Å². The van der Waals surface area contributed by atoms with Crippen molar-refractivity contribution in [1.82, 2.24) is 10.2 Å². The van der Waals surface area contributed by atoms with Crippen LogP contribution in [0.2, 0.25) is 0 Å². The Morgan fingerprint density at radius 2 is 1.50 bits per heavy atom. The first-order chi connectivity index (χ1) is 14.5. The van der Waals surface area contributed by atoms with E-state index >= 15 is 0 Å². The Bertz CT molecular complexity index is 969. The highest BCUT2D eigenvalue weighted by Gasteiger charge is 2.18. The highest BCUT2D eigenvalue weighted by Crippen LogP contribution is 2.31. The topological polar surface area (TPSA) is 50.8 Å². The van der Waals surface area contributed by atoms with E-state index in [1.807, 2.05) is 74.8 Å². The number of rotatable bonds is 8. The molecule has 30 heavy (non-hydrogen) atoms. The molecule has 0 radical (unpaired) electrons. The third-order valence-electron chi connectivity index (χ3n) is 5.13. The minimum absolute atomic E-state index is 0.00246. The summed E-state index contributed by atoms with van der Waals surface area (Å²) in [7, 11) is 7.21. The second kappa shape index (κ2) is 9.94. The normalized spacial score (nSPS) is 11.8. The van der Waals surface area contributed by atoms with Crippen LogP contribution in [-0.4, -0.2) is 45.7 Å². The minimum Gasteiger partial charge on any atom is -0.493 e. The summed E-state index contributed by atoms with van der Waals surface area (Å²) in [4.78, 5) is 14.8. The number of benzene rings is 3. The standard InChI is InChI=1S/C25H28N2O3/c1-27(2)22(21-14-15-23(29-3)24(16-21)30-4)17-26-25(28)20-12-10-19(11-13-20)18-8-6-5-7-9-18/h5-16,22H,17H2,1-4H3,(H,26,28)/t22-/m0/s1. The predicted molar refractivity (Wildman–Crippen MR) is 120 cm³/mol. The average Bonchev–Trinajstić information content (AvgIpc) is 2.79. The Labute approximate surface area is 178 Å². The molecule has 1 atom stereocenters. The minimum atomic E-state index is -0.0954. The molecule has 5 nitrogen and oxygen atoms in total. The van der Waals surface area contributed by atoms with Gasteiger partial charge in [-0.1, -0.05) is 48.5 Å². The maximum Gasteiger partial charge on any atom is 0.251 e. The molecule has 3 rings (SSSR count). The number of carbonyl (C=O) groups is 1. The molecule has 0 saturated carbocycles. The highest BCUT2D eigenvalue weighted by atomic mass is 16.5. The number of hydrogen-bond acceptors (Lipinski definition) is 4. The van der Waals surface area contributed by atoms with Crippen molar-refractivity contribution in [3.63, 3.8) is 0 Å². The molecule has 3 aromatic carbocycles. The van der Waals surface area contributed by atoms with Crippen molar-refractivity contribution in [2.24, 2.45) is 0 Å². The first kappa shape index (κ1) is 21.4. The van der Waals surface area contributed by atoms with E-state index in [1.165, 1.54) is 0 Å². The molecule has 0 aliphatic rings. The molecule has 5 heteroatoms. The van der Waals surface area contributed by atoms with Crippen LogP contribution in [0.15, 0.2) is 72.8 Å². The molecule has 0 aliphatic heterocycles. The van der Waals surface area contributed by atoms with Crippen LogP contribution in [0.4, 0.5) is 0 Å². The Hall–Kier alpha value is -3.31. The molecule has 0 bridgehead atoms. The first-order valence-corrected chi connectivity index (χ1v) is 9.85. The van der Waals surface area contributed by atoms with Gasteiger partial charge in [0.25, 0.3) is 5.91 Å². The Balaban J connectivity index is 1.70. The van der Waals surface area contributed by atoms with E-state index in [2.05, 4.69) is 22.3 Å². The van der Waals surface area contributed by atoms with E-state index in [0.717, 1.165) is 16.7 Å². The molecule has 156 valence electrons. The zero-order valence-electron chi connectivity index (χ0n) is 17.9. The van der Waals surface area contributed by atoms with Gasteiger partial charge >= 0.3 is 0 Å². The van der Waals surface area contributed by atoms with E-state index in [4.69, 9.17) is 9.47 Å². The quantitative estimate of drug-likeness (QED) is 0.604. The summed E-state index contributed by atoms with van der Waals surface area (Å²) >= 11 is 0. The molecule has 3 aromatic rings. The van der Waals surface area contributed by atoms with Gasteiger partial charge in [-0.2, -0.15) is 0 Å². The lowest BCUT2D eigenvalue weighted by atomic mass is 10.0. The molecule has 0 spiro atoms. The molecule has 0 heterocycles. The summed E-state index contributed by atoms with van der Waals surface area (Å²) in [5.74, 6) is 1.26. The zero-order valence-corrected chi connectivity index (χ0v) is 17.9. The number of methoxy groups -OCH3 is 2. The highest BCUT2D eigenvalue weighted by molar-refractivity contribution is 5.94. The first-order valence-electron chi connectivity index (χ1n) is 9.85. The molecule has 1 amide bonds. The Morgan fingerprint density at radius 1 is 0.867 bits per heavy atom. The lowest BCUT2D eigenvalue weighted by molar-refractivity contribution is 0.0942. The van der Waals surface area contributed by atoms with Crippen LogP contribution < -0.4 is 14.8 Å². The smallest absolute Gasteiger partial charge is 0.251 e. The van der Waals surface area contributed by atoms with Crippen LogP contribution in [0.5, 0.6) is 11.5 Å². The molecule has 0 aromatic heterocycles. The summed E-state index contributed by atoms with van der Waals surface area (Å²) in [5, 5.41) is 3.05. The summed E-state index contributed by atoms with van der Waals surface area (Å²) < 4.78 is 10.7. The number of nitrogens with zero attached hydrogens (tertiary/aromatic N) is 1. The van der Waals surface area contributed by atoms with Crippen LogP contribution in [-0.2, 0) is 0 Å². The Kier molecular flexibility index (Phi) is 7.09. The summed E-state index contributed by atoms with van der Waals surface area (Å²) in [6.07, 6.45) is 0. The molecule has 0 unspecified atom stereocenters. The van der Waals surface area contributed by atoms with Gasteiger partial charge in [0, 0.05) is 12.1 Å². The van der Waals surface area contributed by atoms with Crippen LogP contribution in [0.25, 0.3) is 11.1 Å². The van der Waals surface area contributed by atoms with Crippen molar-refractivity contribution in [1.29, 1.82) is 0 Å². The van der Waals surface area contributed by atoms with Gasteiger partial charge in [0.1, 0.15) is 0 Å². The van der Waals surface area contributed by atoms with Crippen molar-refractivity contribution < 1.29 is 14.3 Å². The number of amides is 1. The fraction of sp³-hybridized carbons (Fsp3) is 0.240. The van der Waals surface area contributed by atoms with E-state index in [0.29, 0.717) is 23.6 Å². The number of likely N-dealkylation sites (N-methyl/N-ethyl adjacent to an activating group) is 1. The van der Waals surface area contributed by atoms with Crippen LogP contribution in [0.1, 0.15) is 22.0 Å². The summed E-state index contributed by atoms with van der Waals surface area (Å²) in [5.41, 5.74) is 3.89. The second-order valence-corrected chi connectivity index (χ2v) is 7.25. The van der Waals surface area contributed by atoms with Gasteiger partial charge in [-0.15, -0.1) is 0 Å². The molecule has 0 aliphatic carbocycles. The molecule has 0 fully saturated rings. The average molecular weight is 405 g/mol. The van der Waals surface area contributed by atoms with Crippen molar-refractivity contribution in [3.8, 4) is 22.6 Å². The Morgan fingerprint density at radius 3 is 2.10 bits per heavy atom. The maximum atomic E-state index is 12.7. The van der Waals surface area contributed by atoms with Gasteiger partial charge in [0.2, 0.25) is 0 Å². The fourth-order valence-corrected chi connectivity index (χ4v) is 3.39. The molecular formula is C25H28N2O3. The fourth-order valence-electron chi connectivity index (χ4n) is 3.39. The lowest BCUT2D eigenvalue weighted by Crippen LogP contribution is -2.34. The second-order valence-electron chi connectivity index (χ2n) is 7.25. The monoisotopic (exact) mass is 404 g/mol. The van der Waals surface area contributed by atoms with Crippen molar-refractivity contribution in [3.05, 3.63) is 83.9 Å². The van der Waals surface area contributed by atoms with Gasteiger partial charge in [0.05, 0.1) is 20.3 Å². The number of carbonyl (C=O) groups excluding carboxylic acids is 1. The number of hydrogen-bond donors (Lipinski definition) is 1. The summed E-state index contributed by atoms with van der Waals surface area (Å²) in [6, 6.07) is 23.6. The number of nitrogens with one attached hydrogen (secondary N) is 1. The van der Waals surface area contributed by atoms with Gasteiger partial charge in [0.15, 0.2) is 11.5 Å². The molecule has 1 N–H and O–H groups in total. The lowest BCUT2D eigenvalue weighted by Gasteiger charge is -2.26. The van der Waals surface area contributed by atoms with Crippen LogP contribution >= 0.6 is 0 Å². The van der Waals surface area contributed by atoms with E-state index in [9.17, 15) is 4.79 Å². The largest absolute Gasteiger partial charge is 0.493 e. The number of ether oxygens (including phenoxy) is 2. The van der Waals surface area contributed by atoms with E-state index < -0.39 is 0 Å². The third kappa shape index (κ3) is 4.99. The van der Waals surface area contributed by atoms with Gasteiger partial charge < -0.3 is 19.7 Å². The SMILES string of the molecule is COc1ccc([C@H](CNC(=O)c2ccc(-c3ccccc3)cc2)N(C)C)cc1OC. The van der Waals surface area contributed by atoms with Gasteiger partial charge in [-0.3, -0.25) is 4.79 Å². The summed E-state index contributed by atoms with van der Waals surface area (Å²) in [6.45, 7) is 0.474. The van der Waals surface area contributed by atoms with Crippen molar-refractivity contribution in [2.45, 2.75) is 6.04 Å². The van der Waals surface area contributed by atoms with E-state index in [-0.39, 0.29) is 11.9 Å². The zero-order chi connectivity index (χ0) is 21.5. The molecular weight excluding hydrogens is 376 g/mol. The van der Waals surface area contributed by atoms with Crippen LogP contribution in [0.3, 0.4) is 0 Å². The predicted octanol–water partition coefficient (Wildman–Crippen LogP) is 4.40. The maximum absolute atomic E-state index is 12.7. The van der Waals surface area contributed by atoms with Crippen molar-refractivity contribution >= 4 is 5.91 Å². The van der Waals surface area contributed by atoms with Crippen LogP contribution in [0, 0.1) is 0 Å². The van der Waals surface area contributed by atoms with Crippen molar-refractivity contribution in [2.75, 3.05) is 34.9 Å². The van der Waals surface area contributed by atoms with Gasteiger partial charge in [-0.25, -0.2) is 0 Å². The molecule has 0 saturated heterocycles. The third-order valence-corrected chi connectivity index (χ3v) is 5.13. The van der Waals surface area contributed by atoms with Gasteiger partial charge in [-0.05, 0) is 55.1 Å².